The Morgan fingerprint density at radius 2 is 1.92 bits per heavy atom. The van der Waals surface area contributed by atoms with Gasteiger partial charge in [-0.1, -0.05) is 44.2 Å². The van der Waals surface area contributed by atoms with Gasteiger partial charge < -0.3 is 9.64 Å². The summed E-state index contributed by atoms with van der Waals surface area (Å²) in [5.74, 6) is 0.0204. The molecule has 2 amide bonds. The normalized spacial score (nSPS) is 13.9. The molecular formula is C19H23N3O3S. The van der Waals surface area contributed by atoms with Gasteiger partial charge in [-0.25, -0.2) is 9.78 Å². The maximum absolute atomic E-state index is 12.8. The van der Waals surface area contributed by atoms with E-state index in [-0.39, 0.29) is 11.3 Å². The first-order valence-electron chi connectivity index (χ1n) is 8.51. The fourth-order valence-electron chi connectivity index (χ4n) is 2.86. The quantitative estimate of drug-likeness (QED) is 0.869. The maximum Gasteiger partial charge on any atom is 0.413 e. The summed E-state index contributed by atoms with van der Waals surface area (Å²) < 4.78 is 4.59. The summed E-state index contributed by atoms with van der Waals surface area (Å²) in [7, 11) is 1.31. The van der Waals surface area contributed by atoms with Gasteiger partial charge in [-0.3, -0.25) is 10.1 Å². The standard InChI is InChI=1S/C19H23N3O3S/c1-19(2,3)13-7-5-12(6-8-13)16(23)22-10-9-14-15(11-22)26-17(20-14)21-18(24)25-4/h5-8H,9-11H2,1-4H3,(H,20,21,24). The first-order chi connectivity index (χ1) is 12.3. The third kappa shape index (κ3) is 3.88. The Morgan fingerprint density at radius 1 is 1.23 bits per heavy atom. The van der Waals surface area contributed by atoms with Crippen LogP contribution < -0.4 is 5.32 Å². The number of carbonyl (C=O) groups is 2. The molecule has 3 rings (SSSR count). The number of amides is 2. The zero-order chi connectivity index (χ0) is 18.9. The van der Waals surface area contributed by atoms with Crippen LogP contribution in [-0.2, 0) is 23.1 Å². The van der Waals surface area contributed by atoms with Gasteiger partial charge in [-0.05, 0) is 23.1 Å². The second-order valence-electron chi connectivity index (χ2n) is 7.31. The van der Waals surface area contributed by atoms with Crippen molar-refractivity contribution in [3.05, 3.63) is 46.0 Å². The molecule has 1 aliphatic heterocycles. The van der Waals surface area contributed by atoms with Crippen molar-refractivity contribution in [1.29, 1.82) is 0 Å². The van der Waals surface area contributed by atoms with Gasteiger partial charge in [0.2, 0.25) is 0 Å². The Balaban J connectivity index is 1.72. The minimum Gasteiger partial charge on any atom is -0.453 e. The van der Waals surface area contributed by atoms with Crippen LogP contribution >= 0.6 is 11.3 Å². The van der Waals surface area contributed by atoms with E-state index in [9.17, 15) is 9.59 Å². The van der Waals surface area contributed by atoms with E-state index in [1.165, 1.54) is 24.0 Å². The largest absolute Gasteiger partial charge is 0.453 e. The van der Waals surface area contributed by atoms with Crippen molar-refractivity contribution < 1.29 is 14.3 Å². The Morgan fingerprint density at radius 3 is 2.54 bits per heavy atom. The average Bonchev–Trinajstić information content (AvgIpc) is 3.01. The smallest absolute Gasteiger partial charge is 0.413 e. The second kappa shape index (κ2) is 7.07. The molecular weight excluding hydrogens is 350 g/mol. The summed E-state index contributed by atoms with van der Waals surface area (Å²) in [6, 6.07) is 7.84. The molecule has 1 aromatic carbocycles. The number of thiazole rings is 1. The number of hydrogen-bond donors (Lipinski definition) is 1. The summed E-state index contributed by atoms with van der Waals surface area (Å²) in [4.78, 5) is 31.4. The third-order valence-corrected chi connectivity index (χ3v) is 5.41. The molecule has 2 heterocycles. The number of hydrogen-bond acceptors (Lipinski definition) is 5. The lowest BCUT2D eigenvalue weighted by Crippen LogP contribution is -2.35. The van der Waals surface area contributed by atoms with E-state index in [1.807, 2.05) is 29.2 Å². The molecule has 7 heteroatoms. The van der Waals surface area contributed by atoms with Crippen molar-refractivity contribution in [2.45, 2.75) is 39.2 Å². The number of benzene rings is 1. The van der Waals surface area contributed by atoms with Gasteiger partial charge in [-0.15, -0.1) is 0 Å². The highest BCUT2D eigenvalue weighted by molar-refractivity contribution is 7.15. The topological polar surface area (TPSA) is 71.5 Å². The molecule has 0 atom stereocenters. The van der Waals surface area contributed by atoms with Crippen LogP contribution in [0.2, 0.25) is 0 Å². The summed E-state index contributed by atoms with van der Waals surface area (Å²) in [6.45, 7) is 7.59. The Labute approximate surface area is 157 Å². The molecule has 0 unspecified atom stereocenters. The summed E-state index contributed by atoms with van der Waals surface area (Å²) in [5.41, 5.74) is 2.90. The zero-order valence-corrected chi connectivity index (χ0v) is 16.3. The summed E-state index contributed by atoms with van der Waals surface area (Å²) in [6.07, 6.45) is 0.142. The van der Waals surface area contributed by atoms with Gasteiger partial charge >= 0.3 is 6.09 Å². The monoisotopic (exact) mass is 373 g/mol. The summed E-state index contributed by atoms with van der Waals surface area (Å²) in [5, 5.41) is 3.09. The van der Waals surface area contributed by atoms with E-state index in [1.54, 1.807) is 0 Å². The number of rotatable bonds is 2. The van der Waals surface area contributed by atoms with Gasteiger partial charge in [0.25, 0.3) is 5.91 Å². The molecule has 138 valence electrons. The number of nitrogens with zero attached hydrogens (tertiary/aromatic N) is 2. The van der Waals surface area contributed by atoms with Crippen LogP contribution in [0.1, 0.15) is 47.3 Å². The number of methoxy groups -OCH3 is 1. The molecule has 0 saturated heterocycles. The Hall–Kier alpha value is -2.41. The molecule has 2 aromatic rings. The van der Waals surface area contributed by atoms with Crippen LogP contribution in [-0.4, -0.2) is 35.5 Å². The predicted octanol–water partition coefficient (Wildman–Crippen LogP) is 3.82. The lowest BCUT2D eigenvalue weighted by Gasteiger charge is -2.26. The van der Waals surface area contributed by atoms with Crippen LogP contribution in [0.25, 0.3) is 0 Å². The van der Waals surface area contributed by atoms with Crippen molar-refractivity contribution in [1.82, 2.24) is 9.88 Å². The first kappa shape index (κ1) is 18.4. The van der Waals surface area contributed by atoms with E-state index >= 15 is 0 Å². The van der Waals surface area contributed by atoms with E-state index in [2.05, 4.69) is 35.8 Å². The van der Waals surface area contributed by atoms with Gasteiger partial charge in [-0.2, -0.15) is 0 Å². The molecule has 0 aliphatic carbocycles. The van der Waals surface area contributed by atoms with Crippen LogP contribution in [0.3, 0.4) is 0 Å². The molecule has 0 spiro atoms. The van der Waals surface area contributed by atoms with Crippen molar-refractivity contribution in [3.8, 4) is 0 Å². The zero-order valence-electron chi connectivity index (χ0n) is 15.5. The van der Waals surface area contributed by atoms with Crippen LogP contribution in [0.4, 0.5) is 9.93 Å². The van der Waals surface area contributed by atoms with Gasteiger partial charge in [0, 0.05) is 23.4 Å². The third-order valence-electron chi connectivity index (χ3n) is 4.41. The molecule has 0 fully saturated rings. The van der Waals surface area contributed by atoms with E-state index in [0.29, 0.717) is 30.2 Å². The number of nitrogens with one attached hydrogen (secondary N) is 1. The number of anilines is 1. The average molecular weight is 373 g/mol. The molecule has 1 N–H and O–H groups in total. The summed E-state index contributed by atoms with van der Waals surface area (Å²) >= 11 is 1.38. The number of fused-ring (bicyclic) bond motifs is 1. The van der Waals surface area contributed by atoms with Gasteiger partial charge in [0.1, 0.15) is 0 Å². The highest BCUT2D eigenvalue weighted by Gasteiger charge is 2.25. The van der Waals surface area contributed by atoms with Crippen molar-refractivity contribution in [2.75, 3.05) is 19.0 Å². The SMILES string of the molecule is COC(=O)Nc1nc2c(s1)CN(C(=O)c1ccc(C(C)(C)C)cc1)CC2. The van der Waals surface area contributed by atoms with Crippen molar-refractivity contribution >= 4 is 28.5 Å². The first-order valence-corrected chi connectivity index (χ1v) is 9.33. The highest BCUT2D eigenvalue weighted by atomic mass is 32.1. The maximum atomic E-state index is 12.8. The van der Waals surface area contributed by atoms with E-state index in [4.69, 9.17) is 0 Å². The van der Waals surface area contributed by atoms with Gasteiger partial charge in [0.15, 0.2) is 5.13 Å². The highest BCUT2D eigenvalue weighted by Crippen LogP contribution is 2.29. The van der Waals surface area contributed by atoms with Crippen LogP contribution in [0, 0.1) is 0 Å². The lowest BCUT2D eigenvalue weighted by atomic mass is 9.86. The molecule has 1 aromatic heterocycles. The molecule has 6 nitrogen and oxygen atoms in total. The fourth-order valence-corrected chi connectivity index (χ4v) is 3.87. The number of ether oxygens (including phenoxy) is 1. The predicted molar refractivity (Wildman–Crippen MR) is 102 cm³/mol. The molecule has 0 radical (unpaired) electrons. The number of aromatic nitrogens is 1. The van der Waals surface area contributed by atoms with Crippen LogP contribution in [0.5, 0.6) is 0 Å². The van der Waals surface area contributed by atoms with Crippen molar-refractivity contribution in [2.24, 2.45) is 0 Å². The van der Waals surface area contributed by atoms with E-state index in [0.717, 1.165) is 10.6 Å². The Kier molecular flexibility index (Phi) is 5.00. The van der Waals surface area contributed by atoms with Gasteiger partial charge in [0.05, 0.1) is 19.3 Å². The minimum atomic E-state index is -0.539. The second-order valence-corrected chi connectivity index (χ2v) is 8.39. The molecule has 1 aliphatic rings. The number of carbonyl (C=O) groups excluding carboxylic acids is 2. The Bertz CT molecular complexity index is 822. The van der Waals surface area contributed by atoms with Crippen LogP contribution in [0.15, 0.2) is 24.3 Å². The molecule has 0 saturated carbocycles. The minimum absolute atomic E-state index is 0.0204. The molecule has 26 heavy (non-hydrogen) atoms. The lowest BCUT2D eigenvalue weighted by molar-refractivity contribution is 0.0736. The van der Waals surface area contributed by atoms with Crippen molar-refractivity contribution in [3.63, 3.8) is 0 Å². The molecule has 0 bridgehead atoms. The fraction of sp³-hybridized carbons (Fsp3) is 0.421. The van der Waals surface area contributed by atoms with E-state index < -0.39 is 6.09 Å².